The number of esters is 2. The van der Waals surface area contributed by atoms with Crippen LogP contribution >= 0.6 is 0 Å². The third kappa shape index (κ3) is 54.0. The molecule has 1 N–H and O–H groups in total. The van der Waals surface area contributed by atoms with E-state index in [1.165, 1.54) is 38.5 Å². The Morgan fingerprint density at radius 3 is 0.985 bits per heavy atom. The number of carbonyl (C=O) groups excluding carboxylic acids is 2. The summed E-state index contributed by atoms with van der Waals surface area (Å²) in [5.74, 6) is -0.658. The van der Waals surface area contributed by atoms with Gasteiger partial charge in [0.2, 0.25) is 0 Å². The molecule has 0 rings (SSSR count). The van der Waals surface area contributed by atoms with Gasteiger partial charge in [-0.25, -0.2) is 0 Å². The molecule has 5 nitrogen and oxygen atoms in total. The summed E-state index contributed by atoms with van der Waals surface area (Å²) in [5.41, 5.74) is 0. The van der Waals surface area contributed by atoms with Gasteiger partial charge in [0.15, 0.2) is 6.10 Å². The average Bonchev–Trinajstić information content (AvgIpc) is 3.33. The summed E-state index contributed by atoms with van der Waals surface area (Å²) in [4.78, 5) is 24.4. The highest BCUT2D eigenvalue weighted by Gasteiger charge is 2.16. The molecule has 0 aliphatic carbocycles. The van der Waals surface area contributed by atoms with E-state index in [4.69, 9.17) is 9.47 Å². The summed E-state index contributed by atoms with van der Waals surface area (Å²) in [6.45, 7) is 3.95. The highest BCUT2D eigenvalue weighted by atomic mass is 16.6. The molecule has 0 aliphatic heterocycles. The predicted molar refractivity (Wildman–Crippen MR) is 292 cm³/mol. The first-order valence-corrected chi connectivity index (χ1v) is 26.5. The van der Waals surface area contributed by atoms with Gasteiger partial charge in [0.25, 0.3) is 0 Å². The van der Waals surface area contributed by atoms with Crippen molar-refractivity contribution in [2.24, 2.45) is 0 Å². The van der Waals surface area contributed by atoms with E-state index < -0.39 is 6.10 Å². The lowest BCUT2D eigenvalue weighted by Gasteiger charge is -2.15. The molecule has 1 atom stereocenters. The van der Waals surface area contributed by atoms with Crippen molar-refractivity contribution in [2.75, 3.05) is 13.2 Å². The van der Waals surface area contributed by atoms with Crippen LogP contribution in [0.5, 0.6) is 0 Å². The summed E-state index contributed by atoms with van der Waals surface area (Å²) < 4.78 is 10.6. The molecule has 0 amide bonds. The van der Waals surface area contributed by atoms with Gasteiger partial charge in [0.1, 0.15) is 6.61 Å². The highest BCUT2D eigenvalue weighted by molar-refractivity contribution is 5.70. The fourth-order valence-electron chi connectivity index (χ4n) is 6.59. The van der Waals surface area contributed by atoms with Crippen molar-refractivity contribution >= 4 is 11.9 Å². The van der Waals surface area contributed by atoms with Crippen LogP contribution in [0.1, 0.15) is 200 Å². The summed E-state index contributed by atoms with van der Waals surface area (Å²) in [6, 6.07) is 0. The quantitative estimate of drug-likeness (QED) is 0.0374. The summed E-state index contributed by atoms with van der Waals surface area (Å²) in [6.07, 6.45) is 86.2. The number of rotatable bonds is 46. The summed E-state index contributed by atoms with van der Waals surface area (Å²) in [7, 11) is 0. The predicted octanol–water partition coefficient (Wildman–Crippen LogP) is 18.0. The topological polar surface area (TPSA) is 72.8 Å². The number of ether oxygens (including phenoxy) is 2. The van der Waals surface area contributed by atoms with Crippen molar-refractivity contribution in [3.05, 3.63) is 158 Å². The molecule has 374 valence electrons. The van der Waals surface area contributed by atoms with Gasteiger partial charge in [-0.1, -0.05) is 217 Å². The van der Waals surface area contributed by atoms with Gasteiger partial charge < -0.3 is 14.6 Å². The molecular weight excluding hydrogens is 825 g/mol. The van der Waals surface area contributed by atoms with Crippen molar-refractivity contribution in [3.8, 4) is 0 Å². The number of hydrogen-bond acceptors (Lipinski definition) is 5. The zero-order valence-electron chi connectivity index (χ0n) is 42.6. The monoisotopic (exact) mass is 921 g/mol. The van der Waals surface area contributed by atoms with Gasteiger partial charge in [0, 0.05) is 12.8 Å². The zero-order valence-corrected chi connectivity index (χ0v) is 42.6. The van der Waals surface area contributed by atoms with Crippen LogP contribution in [0.25, 0.3) is 0 Å². The molecule has 67 heavy (non-hydrogen) atoms. The van der Waals surface area contributed by atoms with Crippen LogP contribution in [-0.2, 0) is 19.1 Å². The van der Waals surface area contributed by atoms with E-state index in [1.807, 2.05) is 0 Å². The van der Waals surface area contributed by atoms with Crippen LogP contribution < -0.4 is 0 Å². The smallest absolute Gasteiger partial charge is 0.306 e. The molecule has 5 heteroatoms. The van der Waals surface area contributed by atoms with Crippen LogP contribution in [0.15, 0.2) is 158 Å². The van der Waals surface area contributed by atoms with Crippen molar-refractivity contribution in [3.63, 3.8) is 0 Å². The molecule has 0 aromatic carbocycles. The van der Waals surface area contributed by atoms with Gasteiger partial charge >= 0.3 is 11.9 Å². The van der Waals surface area contributed by atoms with Crippen molar-refractivity contribution in [1.29, 1.82) is 0 Å². The van der Waals surface area contributed by atoms with Crippen LogP contribution in [0.3, 0.4) is 0 Å². The Morgan fingerprint density at radius 1 is 0.358 bits per heavy atom. The van der Waals surface area contributed by atoms with Gasteiger partial charge in [0.05, 0.1) is 6.61 Å². The first-order valence-electron chi connectivity index (χ1n) is 26.5. The standard InChI is InChI=1S/C62H96O5/c1-3-5-7-9-11-13-15-17-19-21-22-23-24-25-26-27-28-29-30-31-32-33-34-35-36-37-38-39-40-41-43-45-47-49-51-53-55-57-62(65)67-60(58-63)59-66-61(64)56-54-52-50-48-46-44-42-20-18-16-14-12-10-8-6-4-2/h5,7,11,13-14,16-17,19-20,22-23,25-26,28-29,31-32,34-35,37-38,40-42,45,47,60,63H,3-4,6,8-10,12,15,18,21,24,27,30,33,36,39,43-44,46,48-59H2,1-2H3/b7-5-,13-11-,16-14-,19-17-,23-22-,26-25-,29-28-,32-31-,35-34-,38-37-,41-40-,42-20-,47-45-. The third-order valence-corrected chi connectivity index (χ3v) is 10.6. The largest absolute Gasteiger partial charge is 0.462 e. The SMILES string of the molecule is CC/C=C\C/C=C\C/C=C\C/C=C\C/C=C\C/C=C\C/C=C\C/C=C\C/C=C\C/C=C\C/C=C\CCCCCC(=O)OC(CO)COC(=O)CCCCCCC/C=C\C/C=C\CCCCCC. The van der Waals surface area contributed by atoms with E-state index in [2.05, 4.69) is 172 Å². The number of aliphatic hydroxyl groups is 1. The van der Waals surface area contributed by atoms with E-state index >= 15 is 0 Å². The molecule has 0 fully saturated rings. The van der Waals surface area contributed by atoms with Crippen molar-refractivity contribution in [1.82, 2.24) is 0 Å². The minimum absolute atomic E-state index is 0.0972. The summed E-state index contributed by atoms with van der Waals surface area (Å²) >= 11 is 0. The number of hydrogen-bond donors (Lipinski definition) is 1. The van der Waals surface area contributed by atoms with Crippen LogP contribution in [0.4, 0.5) is 0 Å². The zero-order chi connectivity index (χ0) is 48.5. The van der Waals surface area contributed by atoms with Gasteiger partial charge in [-0.15, -0.1) is 0 Å². The number of allylic oxidation sites excluding steroid dienone is 26. The van der Waals surface area contributed by atoms with E-state index in [0.717, 1.165) is 135 Å². The van der Waals surface area contributed by atoms with Crippen molar-refractivity contribution < 1.29 is 24.2 Å². The van der Waals surface area contributed by atoms with E-state index in [0.29, 0.717) is 12.8 Å². The normalized spacial score (nSPS) is 13.5. The molecule has 0 aromatic rings. The minimum Gasteiger partial charge on any atom is -0.462 e. The molecule has 0 spiro atoms. The Labute approximate surface area is 411 Å². The lowest BCUT2D eigenvalue weighted by Crippen LogP contribution is -2.28. The van der Waals surface area contributed by atoms with Gasteiger partial charge in [-0.3, -0.25) is 9.59 Å². The van der Waals surface area contributed by atoms with Crippen LogP contribution in [-0.4, -0.2) is 36.4 Å². The molecule has 1 unspecified atom stereocenters. The van der Waals surface area contributed by atoms with Crippen LogP contribution in [0, 0.1) is 0 Å². The van der Waals surface area contributed by atoms with Crippen molar-refractivity contribution in [2.45, 2.75) is 206 Å². The van der Waals surface area contributed by atoms with Gasteiger partial charge in [-0.05, 0) is 128 Å². The lowest BCUT2D eigenvalue weighted by atomic mass is 10.1. The maximum Gasteiger partial charge on any atom is 0.306 e. The molecule has 0 heterocycles. The number of aliphatic hydroxyl groups excluding tert-OH is 1. The highest BCUT2D eigenvalue weighted by Crippen LogP contribution is 2.11. The van der Waals surface area contributed by atoms with Gasteiger partial charge in [-0.2, -0.15) is 0 Å². The molecular formula is C62H96O5. The second-order valence-corrected chi connectivity index (χ2v) is 16.9. The Bertz CT molecular complexity index is 1510. The number of carbonyl (C=O) groups is 2. The molecule has 0 radical (unpaired) electrons. The first kappa shape index (κ1) is 62.5. The summed E-state index contributed by atoms with van der Waals surface area (Å²) in [5, 5.41) is 9.61. The Kier molecular flexibility index (Phi) is 52.1. The van der Waals surface area contributed by atoms with E-state index in [1.54, 1.807) is 0 Å². The Balaban J connectivity index is 3.71. The molecule has 0 aliphatic rings. The lowest BCUT2D eigenvalue weighted by molar-refractivity contribution is -0.161. The first-order chi connectivity index (χ1) is 33.1. The average molecular weight is 921 g/mol. The second kappa shape index (κ2) is 55.8. The fraction of sp³-hybridized carbons (Fsp3) is 0.548. The fourth-order valence-corrected chi connectivity index (χ4v) is 6.59. The molecule has 0 aromatic heterocycles. The Hall–Kier alpha value is -4.48. The minimum atomic E-state index is -0.808. The Morgan fingerprint density at radius 2 is 0.642 bits per heavy atom. The number of unbranched alkanes of at least 4 members (excludes halogenated alkanes) is 12. The molecule has 0 saturated carbocycles. The maximum atomic E-state index is 12.3. The molecule has 0 bridgehead atoms. The van der Waals surface area contributed by atoms with E-state index in [-0.39, 0.29) is 25.2 Å². The maximum absolute atomic E-state index is 12.3. The van der Waals surface area contributed by atoms with E-state index in [9.17, 15) is 14.7 Å². The third-order valence-electron chi connectivity index (χ3n) is 10.6. The second-order valence-electron chi connectivity index (χ2n) is 16.9. The molecule has 0 saturated heterocycles. The van der Waals surface area contributed by atoms with Crippen LogP contribution in [0.2, 0.25) is 0 Å².